The summed E-state index contributed by atoms with van der Waals surface area (Å²) in [5.74, 6) is -0.877. The molecular formula is C15H26N2O4. The van der Waals surface area contributed by atoms with Crippen LogP contribution in [0.2, 0.25) is 0 Å². The maximum absolute atomic E-state index is 12.4. The van der Waals surface area contributed by atoms with Crippen molar-refractivity contribution in [2.45, 2.75) is 70.1 Å². The summed E-state index contributed by atoms with van der Waals surface area (Å²) in [5, 5.41) is 12.5. The van der Waals surface area contributed by atoms with Crippen LogP contribution in [0.15, 0.2) is 0 Å². The van der Waals surface area contributed by atoms with Crippen LogP contribution in [0.1, 0.15) is 52.4 Å². The SMILES string of the molecule is CCCC1(C(=O)O)CCCN1C(=O)NC1CC(OCC)C1. The number of carbonyl (C=O) groups is 2. The van der Waals surface area contributed by atoms with E-state index in [4.69, 9.17) is 4.74 Å². The number of rotatable bonds is 6. The van der Waals surface area contributed by atoms with Crippen molar-refractivity contribution < 1.29 is 19.4 Å². The van der Waals surface area contributed by atoms with E-state index >= 15 is 0 Å². The van der Waals surface area contributed by atoms with Gasteiger partial charge in [-0.15, -0.1) is 0 Å². The summed E-state index contributed by atoms with van der Waals surface area (Å²) in [4.78, 5) is 25.6. The molecule has 1 saturated carbocycles. The Bertz CT molecular complexity index is 395. The molecule has 2 aliphatic rings. The zero-order chi connectivity index (χ0) is 15.5. The lowest BCUT2D eigenvalue weighted by Gasteiger charge is -2.39. The average Bonchev–Trinajstić information content (AvgIpc) is 2.82. The van der Waals surface area contributed by atoms with Gasteiger partial charge in [0.25, 0.3) is 0 Å². The Balaban J connectivity index is 1.93. The molecule has 1 heterocycles. The van der Waals surface area contributed by atoms with Gasteiger partial charge in [-0.25, -0.2) is 9.59 Å². The number of carboxylic acids is 1. The normalized spacial score (nSPS) is 31.8. The minimum atomic E-state index is -1.01. The summed E-state index contributed by atoms with van der Waals surface area (Å²) in [7, 11) is 0. The van der Waals surface area contributed by atoms with Crippen LogP contribution in [0.5, 0.6) is 0 Å². The largest absolute Gasteiger partial charge is 0.479 e. The average molecular weight is 298 g/mol. The molecule has 6 heteroatoms. The van der Waals surface area contributed by atoms with E-state index in [1.54, 1.807) is 0 Å². The van der Waals surface area contributed by atoms with Gasteiger partial charge in [-0.3, -0.25) is 0 Å². The number of urea groups is 1. The van der Waals surface area contributed by atoms with Crippen molar-refractivity contribution >= 4 is 12.0 Å². The van der Waals surface area contributed by atoms with E-state index in [0.29, 0.717) is 26.0 Å². The number of ether oxygens (including phenoxy) is 1. The number of carboxylic acid groups (broad SMARTS) is 1. The second-order valence-electron chi connectivity index (χ2n) is 6.04. The first-order valence-electron chi connectivity index (χ1n) is 7.96. The Morgan fingerprint density at radius 2 is 2.10 bits per heavy atom. The van der Waals surface area contributed by atoms with E-state index in [9.17, 15) is 14.7 Å². The van der Waals surface area contributed by atoms with Crippen LogP contribution in [-0.2, 0) is 9.53 Å². The Labute approximate surface area is 125 Å². The van der Waals surface area contributed by atoms with Gasteiger partial charge >= 0.3 is 12.0 Å². The van der Waals surface area contributed by atoms with Gasteiger partial charge in [0.1, 0.15) is 5.54 Å². The summed E-state index contributed by atoms with van der Waals surface area (Å²) in [6, 6.07) is -0.119. The molecule has 0 aromatic rings. The lowest BCUT2D eigenvalue weighted by atomic mass is 9.89. The van der Waals surface area contributed by atoms with Gasteiger partial charge in [0, 0.05) is 19.2 Å². The summed E-state index contributed by atoms with van der Waals surface area (Å²) in [6.07, 6.45) is 4.46. The lowest BCUT2D eigenvalue weighted by molar-refractivity contribution is -0.148. The molecule has 0 aromatic carbocycles. The van der Waals surface area contributed by atoms with Gasteiger partial charge in [0.2, 0.25) is 0 Å². The maximum atomic E-state index is 12.4. The second-order valence-corrected chi connectivity index (χ2v) is 6.04. The highest BCUT2D eigenvalue weighted by Gasteiger charge is 2.49. The summed E-state index contributed by atoms with van der Waals surface area (Å²) in [6.45, 7) is 5.13. The molecular weight excluding hydrogens is 272 g/mol. The quantitative estimate of drug-likeness (QED) is 0.786. The smallest absolute Gasteiger partial charge is 0.329 e. The minimum absolute atomic E-state index is 0.114. The zero-order valence-electron chi connectivity index (χ0n) is 12.9. The van der Waals surface area contributed by atoms with Crippen LogP contribution in [0.4, 0.5) is 4.79 Å². The number of likely N-dealkylation sites (tertiary alicyclic amines) is 1. The number of nitrogens with one attached hydrogen (secondary N) is 1. The molecule has 21 heavy (non-hydrogen) atoms. The van der Waals surface area contributed by atoms with E-state index in [1.807, 2.05) is 13.8 Å². The summed E-state index contributed by atoms with van der Waals surface area (Å²) in [5.41, 5.74) is -1.01. The third kappa shape index (κ3) is 3.15. The molecule has 1 saturated heterocycles. The molecule has 6 nitrogen and oxygen atoms in total. The second kappa shape index (κ2) is 6.64. The molecule has 1 aliphatic heterocycles. The van der Waals surface area contributed by atoms with Crippen molar-refractivity contribution in [3.05, 3.63) is 0 Å². The monoisotopic (exact) mass is 298 g/mol. The number of carbonyl (C=O) groups excluding carboxylic acids is 1. The predicted octanol–water partition coefficient (Wildman–Crippen LogP) is 1.98. The fraction of sp³-hybridized carbons (Fsp3) is 0.867. The van der Waals surface area contributed by atoms with Crippen molar-refractivity contribution in [3.63, 3.8) is 0 Å². The van der Waals surface area contributed by atoms with Gasteiger partial charge in [-0.05, 0) is 39.0 Å². The van der Waals surface area contributed by atoms with Crippen molar-refractivity contribution in [1.82, 2.24) is 10.2 Å². The highest BCUT2D eigenvalue weighted by molar-refractivity contribution is 5.87. The van der Waals surface area contributed by atoms with Crippen LogP contribution in [-0.4, -0.2) is 52.8 Å². The Morgan fingerprint density at radius 3 is 2.67 bits per heavy atom. The van der Waals surface area contributed by atoms with Crippen LogP contribution < -0.4 is 5.32 Å². The molecule has 0 aromatic heterocycles. The van der Waals surface area contributed by atoms with Gasteiger partial charge in [0.15, 0.2) is 0 Å². The lowest BCUT2D eigenvalue weighted by Crippen LogP contribution is -2.59. The Kier molecular flexibility index (Phi) is 5.08. The van der Waals surface area contributed by atoms with E-state index < -0.39 is 11.5 Å². The maximum Gasteiger partial charge on any atom is 0.329 e. The van der Waals surface area contributed by atoms with Gasteiger partial charge in [-0.2, -0.15) is 0 Å². The fourth-order valence-electron chi connectivity index (χ4n) is 3.49. The molecule has 0 bridgehead atoms. The van der Waals surface area contributed by atoms with E-state index in [0.717, 1.165) is 25.7 Å². The molecule has 2 amide bonds. The van der Waals surface area contributed by atoms with Gasteiger partial charge in [-0.1, -0.05) is 13.3 Å². The first-order chi connectivity index (χ1) is 10.0. The molecule has 1 unspecified atom stereocenters. The predicted molar refractivity (Wildman–Crippen MR) is 78.2 cm³/mol. The number of nitrogens with zero attached hydrogens (tertiary/aromatic N) is 1. The molecule has 1 atom stereocenters. The van der Waals surface area contributed by atoms with Crippen molar-refractivity contribution in [2.75, 3.05) is 13.2 Å². The molecule has 0 radical (unpaired) electrons. The number of aliphatic carboxylic acids is 1. The van der Waals surface area contributed by atoms with Gasteiger partial charge < -0.3 is 20.1 Å². The first kappa shape index (κ1) is 16.1. The van der Waals surface area contributed by atoms with Crippen LogP contribution in [0.25, 0.3) is 0 Å². The third-order valence-electron chi connectivity index (χ3n) is 4.62. The minimum Gasteiger partial charge on any atom is -0.479 e. The standard InChI is InChI=1S/C15H26N2O4/c1-3-6-15(13(18)19)7-5-8-17(15)14(20)16-11-9-12(10-11)21-4-2/h11-12H,3-10H2,1-2H3,(H,16,20)(H,18,19). The molecule has 2 N–H and O–H groups in total. The summed E-state index contributed by atoms with van der Waals surface area (Å²) >= 11 is 0. The number of amides is 2. The van der Waals surface area contributed by atoms with E-state index in [-0.39, 0.29) is 18.2 Å². The molecule has 120 valence electrons. The van der Waals surface area contributed by atoms with E-state index in [1.165, 1.54) is 4.90 Å². The van der Waals surface area contributed by atoms with Crippen LogP contribution in [0, 0.1) is 0 Å². The number of hydrogen-bond acceptors (Lipinski definition) is 3. The molecule has 2 rings (SSSR count). The van der Waals surface area contributed by atoms with Crippen LogP contribution >= 0.6 is 0 Å². The fourth-order valence-corrected chi connectivity index (χ4v) is 3.49. The van der Waals surface area contributed by atoms with Gasteiger partial charge in [0.05, 0.1) is 6.10 Å². The number of hydrogen-bond donors (Lipinski definition) is 2. The van der Waals surface area contributed by atoms with Crippen molar-refractivity contribution in [3.8, 4) is 0 Å². The molecule has 0 spiro atoms. The highest BCUT2D eigenvalue weighted by Crippen LogP contribution is 2.34. The first-order valence-corrected chi connectivity index (χ1v) is 7.96. The van der Waals surface area contributed by atoms with E-state index in [2.05, 4.69) is 5.32 Å². The third-order valence-corrected chi connectivity index (χ3v) is 4.62. The van der Waals surface area contributed by atoms with Crippen molar-refractivity contribution in [2.24, 2.45) is 0 Å². The zero-order valence-corrected chi connectivity index (χ0v) is 12.9. The molecule has 2 fully saturated rings. The highest BCUT2D eigenvalue weighted by atomic mass is 16.5. The molecule has 1 aliphatic carbocycles. The van der Waals surface area contributed by atoms with Crippen LogP contribution in [0.3, 0.4) is 0 Å². The Hall–Kier alpha value is -1.30. The van der Waals surface area contributed by atoms with Crippen molar-refractivity contribution in [1.29, 1.82) is 0 Å². The Morgan fingerprint density at radius 1 is 1.38 bits per heavy atom. The summed E-state index contributed by atoms with van der Waals surface area (Å²) < 4.78 is 5.47. The topological polar surface area (TPSA) is 78.9 Å².